The van der Waals surface area contributed by atoms with Gasteiger partial charge in [0.05, 0.1) is 24.3 Å². The minimum atomic E-state index is -0.0183. The Morgan fingerprint density at radius 1 is 1.50 bits per heavy atom. The average molecular weight is 319 g/mol. The van der Waals surface area contributed by atoms with Crippen molar-refractivity contribution in [3.8, 4) is 11.4 Å². The molecule has 0 aliphatic rings. The van der Waals surface area contributed by atoms with Gasteiger partial charge in [0.2, 0.25) is 0 Å². The first kappa shape index (κ1) is 16.3. The van der Waals surface area contributed by atoms with Gasteiger partial charge >= 0.3 is 0 Å². The maximum atomic E-state index is 12.2. The number of H-pyrrole nitrogens is 1. The number of thiazole rings is 1. The number of methoxy groups -OCH3 is 1. The second kappa shape index (κ2) is 6.79. The van der Waals surface area contributed by atoms with E-state index in [0.717, 1.165) is 22.3 Å². The van der Waals surface area contributed by atoms with E-state index in [0.29, 0.717) is 17.3 Å². The number of pyridine rings is 1. The zero-order valence-corrected chi connectivity index (χ0v) is 14.3. The zero-order chi connectivity index (χ0) is 16.3. The van der Waals surface area contributed by atoms with E-state index in [1.807, 2.05) is 18.4 Å². The predicted octanol–water partition coefficient (Wildman–Crippen LogP) is 3.63. The second-order valence-corrected chi connectivity index (χ2v) is 6.24. The van der Waals surface area contributed by atoms with Crippen LogP contribution in [0, 0.1) is 6.92 Å². The van der Waals surface area contributed by atoms with E-state index in [-0.39, 0.29) is 5.43 Å². The Kier molecular flexibility index (Phi) is 5.03. The third-order valence-electron chi connectivity index (χ3n) is 3.18. The van der Waals surface area contributed by atoms with Crippen LogP contribution in [-0.4, -0.2) is 23.1 Å². The van der Waals surface area contributed by atoms with Gasteiger partial charge < -0.3 is 15.0 Å². The molecule has 2 N–H and O–H groups in total. The highest BCUT2D eigenvalue weighted by Gasteiger charge is 2.10. The second-order valence-electron chi connectivity index (χ2n) is 5.38. The Balaban J connectivity index is 2.44. The number of ether oxygens (including phenoxy) is 1. The Morgan fingerprint density at radius 3 is 2.86 bits per heavy atom. The van der Waals surface area contributed by atoms with Crippen LogP contribution in [0.5, 0.6) is 0 Å². The first-order valence-corrected chi connectivity index (χ1v) is 7.97. The summed E-state index contributed by atoms with van der Waals surface area (Å²) in [6.45, 7) is 7.76. The third kappa shape index (κ3) is 3.76. The summed E-state index contributed by atoms with van der Waals surface area (Å²) in [6, 6.07) is 1.90. The Hall–Kier alpha value is -2.08. The normalized spacial score (nSPS) is 11.8. The van der Waals surface area contributed by atoms with E-state index in [1.54, 1.807) is 20.1 Å². The number of rotatable bonds is 5. The standard InChI is InChI=1S/C16H21N3O2S/c1-9(2)17-16-19-14(8-22-16)13-7-15(20)11(4)12(18-13)6-10(3)21-5/h6-9H,1-5H3,(H,17,19)(H,18,20)/b10-6+. The number of hydrogen-bond acceptors (Lipinski definition) is 5. The van der Waals surface area contributed by atoms with Crippen molar-refractivity contribution in [1.29, 1.82) is 0 Å². The molecule has 0 saturated heterocycles. The summed E-state index contributed by atoms with van der Waals surface area (Å²) in [5, 5.41) is 6.04. The van der Waals surface area contributed by atoms with Crippen LogP contribution in [0.3, 0.4) is 0 Å². The fraction of sp³-hybridized carbons (Fsp3) is 0.375. The van der Waals surface area contributed by atoms with Crippen LogP contribution >= 0.6 is 11.3 Å². The van der Waals surface area contributed by atoms with E-state index in [2.05, 4.69) is 29.1 Å². The molecule has 2 aromatic heterocycles. The molecular formula is C16H21N3O2S. The monoisotopic (exact) mass is 319 g/mol. The van der Waals surface area contributed by atoms with Crippen LogP contribution in [0.15, 0.2) is 22.0 Å². The highest BCUT2D eigenvalue weighted by molar-refractivity contribution is 7.14. The fourth-order valence-corrected chi connectivity index (χ4v) is 2.76. The third-order valence-corrected chi connectivity index (χ3v) is 3.95. The van der Waals surface area contributed by atoms with Crippen molar-refractivity contribution in [2.45, 2.75) is 33.7 Å². The molecule has 0 saturated carbocycles. The molecule has 0 radical (unpaired) electrons. The molecule has 0 unspecified atom stereocenters. The molecule has 2 heterocycles. The van der Waals surface area contributed by atoms with Crippen molar-refractivity contribution in [2.75, 3.05) is 12.4 Å². The van der Waals surface area contributed by atoms with Gasteiger partial charge in [0.25, 0.3) is 0 Å². The lowest BCUT2D eigenvalue weighted by Crippen LogP contribution is -2.10. The molecule has 0 amide bonds. The van der Waals surface area contributed by atoms with Gasteiger partial charge in [-0.15, -0.1) is 11.3 Å². The number of allylic oxidation sites excluding steroid dienone is 1. The van der Waals surface area contributed by atoms with Crippen molar-refractivity contribution in [3.63, 3.8) is 0 Å². The molecule has 0 aliphatic heterocycles. The molecule has 22 heavy (non-hydrogen) atoms. The lowest BCUT2D eigenvalue weighted by molar-refractivity contribution is 0.297. The molecular weight excluding hydrogens is 298 g/mol. The number of nitrogens with one attached hydrogen (secondary N) is 2. The molecule has 118 valence electrons. The molecule has 5 nitrogen and oxygen atoms in total. The Labute approximate surface area is 134 Å². The number of nitrogens with zero attached hydrogens (tertiary/aromatic N) is 1. The smallest absolute Gasteiger partial charge is 0.185 e. The van der Waals surface area contributed by atoms with E-state index in [4.69, 9.17) is 4.74 Å². The van der Waals surface area contributed by atoms with Gasteiger partial charge in [-0.2, -0.15) is 0 Å². The zero-order valence-electron chi connectivity index (χ0n) is 13.5. The van der Waals surface area contributed by atoms with Gasteiger partial charge in [-0.1, -0.05) is 0 Å². The van der Waals surface area contributed by atoms with Crippen LogP contribution in [0.25, 0.3) is 17.5 Å². The van der Waals surface area contributed by atoms with Crippen LogP contribution < -0.4 is 10.7 Å². The van der Waals surface area contributed by atoms with Crippen molar-refractivity contribution in [3.05, 3.63) is 38.7 Å². The minimum absolute atomic E-state index is 0.0183. The lowest BCUT2D eigenvalue weighted by atomic mass is 10.1. The van der Waals surface area contributed by atoms with Crippen LogP contribution in [0.1, 0.15) is 32.0 Å². The summed E-state index contributed by atoms with van der Waals surface area (Å²) < 4.78 is 5.16. The van der Waals surface area contributed by atoms with Gasteiger partial charge in [0, 0.05) is 28.7 Å². The largest absolute Gasteiger partial charge is 0.501 e. The van der Waals surface area contributed by atoms with Gasteiger partial charge in [0.15, 0.2) is 10.6 Å². The molecule has 0 spiro atoms. The Bertz CT molecular complexity index is 744. The van der Waals surface area contributed by atoms with Crippen LogP contribution in [0.2, 0.25) is 0 Å². The highest BCUT2D eigenvalue weighted by atomic mass is 32.1. The summed E-state index contributed by atoms with van der Waals surface area (Å²) in [6.07, 6.45) is 1.82. The average Bonchev–Trinajstić information content (AvgIpc) is 2.91. The van der Waals surface area contributed by atoms with Gasteiger partial charge in [-0.05, 0) is 33.8 Å². The van der Waals surface area contributed by atoms with E-state index < -0.39 is 0 Å². The molecule has 6 heteroatoms. The number of anilines is 1. The minimum Gasteiger partial charge on any atom is -0.501 e. The van der Waals surface area contributed by atoms with E-state index in [9.17, 15) is 4.79 Å². The van der Waals surface area contributed by atoms with E-state index >= 15 is 0 Å². The summed E-state index contributed by atoms with van der Waals surface area (Å²) in [5.41, 5.74) is 2.85. The maximum absolute atomic E-state index is 12.2. The summed E-state index contributed by atoms with van der Waals surface area (Å²) in [7, 11) is 1.60. The van der Waals surface area contributed by atoms with Crippen molar-refractivity contribution >= 4 is 22.5 Å². The fourth-order valence-electron chi connectivity index (χ4n) is 1.90. The SMILES string of the molecule is CO/C(C)=C/c1[nH]c(-c2csc(NC(C)C)n2)cc(=O)c1C. The topological polar surface area (TPSA) is 67.0 Å². The number of hydrogen-bond donors (Lipinski definition) is 2. The van der Waals surface area contributed by atoms with Crippen molar-refractivity contribution in [2.24, 2.45) is 0 Å². The van der Waals surface area contributed by atoms with Gasteiger partial charge in [-0.25, -0.2) is 4.98 Å². The maximum Gasteiger partial charge on any atom is 0.185 e. The van der Waals surface area contributed by atoms with Gasteiger partial charge in [-0.3, -0.25) is 4.79 Å². The van der Waals surface area contributed by atoms with Crippen LogP contribution in [-0.2, 0) is 4.74 Å². The van der Waals surface area contributed by atoms with Crippen molar-refractivity contribution < 1.29 is 4.74 Å². The summed E-state index contributed by atoms with van der Waals surface area (Å²) >= 11 is 1.52. The molecule has 0 atom stereocenters. The van der Waals surface area contributed by atoms with Gasteiger partial charge in [0.1, 0.15) is 0 Å². The predicted molar refractivity (Wildman–Crippen MR) is 92.3 cm³/mol. The summed E-state index contributed by atoms with van der Waals surface area (Å²) in [5.74, 6) is 0.733. The first-order valence-electron chi connectivity index (χ1n) is 7.09. The number of aromatic nitrogens is 2. The van der Waals surface area contributed by atoms with Crippen LogP contribution in [0.4, 0.5) is 5.13 Å². The van der Waals surface area contributed by atoms with E-state index in [1.165, 1.54) is 11.3 Å². The highest BCUT2D eigenvalue weighted by Crippen LogP contribution is 2.24. The molecule has 0 bridgehead atoms. The molecule has 0 fully saturated rings. The van der Waals surface area contributed by atoms with Crippen molar-refractivity contribution in [1.82, 2.24) is 9.97 Å². The summed E-state index contributed by atoms with van der Waals surface area (Å²) in [4.78, 5) is 19.9. The first-order chi connectivity index (χ1) is 10.4. The lowest BCUT2D eigenvalue weighted by Gasteiger charge is -2.07. The molecule has 2 aromatic rings. The molecule has 2 rings (SSSR count). The molecule has 0 aromatic carbocycles. The quantitative estimate of drug-likeness (QED) is 0.826. The number of aromatic amines is 1. The molecule has 0 aliphatic carbocycles. The Morgan fingerprint density at radius 2 is 2.23 bits per heavy atom.